The second kappa shape index (κ2) is 4.19. The van der Waals surface area contributed by atoms with E-state index in [9.17, 15) is 5.11 Å². The number of aliphatic hydroxyl groups is 1. The van der Waals surface area contributed by atoms with Crippen LogP contribution in [-0.4, -0.2) is 23.8 Å². The smallest absolute Gasteiger partial charge is 0.0720 e. The lowest BCUT2D eigenvalue weighted by atomic mass is 9.88. The van der Waals surface area contributed by atoms with Gasteiger partial charge in [0.2, 0.25) is 0 Å². The van der Waals surface area contributed by atoms with E-state index < -0.39 is 5.60 Å². The van der Waals surface area contributed by atoms with Gasteiger partial charge in [-0.05, 0) is 37.4 Å². The highest BCUT2D eigenvalue weighted by Crippen LogP contribution is 2.30. The summed E-state index contributed by atoms with van der Waals surface area (Å²) in [4.78, 5) is 1.11. The molecule has 0 unspecified atom stereocenters. The van der Waals surface area contributed by atoms with Gasteiger partial charge >= 0.3 is 0 Å². The Labute approximate surface area is 92.9 Å². The number of piperidine rings is 1. The van der Waals surface area contributed by atoms with Crippen LogP contribution in [0, 0.1) is 0 Å². The molecule has 78 valence electrons. The number of rotatable bonds is 2. The Kier molecular flexibility index (Phi) is 3.12. The van der Waals surface area contributed by atoms with Gasteiger partial charge in [0, 0.05) is 11.3 Å². The van der Waals surface area contributed by atoms with E-state index in [1.165, 1.54) is 0 Å². The molecule has 0 saturated carbocycles. The van der Waals surface area contributed by atoms with Crippen molar-refractivity contribution in [2.75, 3.05) is 13.1 Å². The van der Waals surface area contributed by atoms with Crippen LogP contribution in [-0.2, 0) is 6.42 Å². The lowest BCUT2D eigenvalue weighted by Gasteiger charge is -2.32. The van der Waals surface area contributed by atoms with Crippen molar-refractivity contribution in [1.29, 1.82) is 0 Å². The average Bonchev–Trinajstić information content (AvgIpc) is 2.52. The Morgan fingerprint density at radius 2 is 2.21 bits per heavy atom. The zero-order chi connectivity index (χ0) is 10.0. The largest absolute Gasteiger partial charge is 0.389 e. The first kappa shape index (κ1) is 10.4. The molecule has 2 N–H and O–H groups in total. The first-order chi connectivity index (χ1) is 6.70. The predicted molar refractivity (Wildman–Crippen MR) is 60.1 cm³/mol. The molecule has 0 amide bonds. The van der Waals surface area contributed by atoms with Crippen molar-refractivity contribution < 1.29 is 5.11 Å². The van der Waals surface area contributed by atoms with Gasteiger partial charge in [0.05, 0.1) is 10.6 Å². The second-order valence-corrected chi connectivity index (χ2v) is 5.25. The summed E-state index contributed by atoms with van der Waals surface area (Å²) in [6, 6.07) is 1.89. The zero-order valence-corrected chi connectivity index (χ0v) is 9.50. The van der Waals surface area contributed by atoms with Crippen LogP contribution in [0.3, 0.4) is 0 Å². The summed E-state index contributed by atoms with van der Waals surface area (Å²) in [6.07, 6.45) is 2.34. The van der Waals surface area contributed by atoms with Gasteiger partial charge < -0.3 is 10.4 Å². The van der Waals surface area contributed by atoms with Crippen LogP contribution in [0.5, 0.6) is 0 Å². The molecular formula is C10H14ClNOS. The lowest BCUT2D eigenvalue weighted by Crippen LogP contribution is -2.43. The highest BCUT2D eigenvalue weighted by Gasteiger charge is 2.30. The average molecular weight is 232 g/mol. The number of halogens is 1. The summed E-state index contributed by atoms with van der Waals surface area (Å²) in [5, 5.41) is 16.3. The van der Waals surface area contributed by atoms with Crippen LogP contribution >= 0.6 is 22.9 Å². The first-order valence-corrected chi connectivity index (χ1v) is 6.10. The first-order valence-electron chi connectivity index (χ1n) is 4.85. The zero-order valence-electron chi connectivity index (χ0n) is 7.92. The fourth-order valence-electron chi connectivity index (χ4n) is 1.82. The van der Waals surface area contributed by atoms with Crippen molar-refractivity contribution in [2.24, 2.45) is 0 Å². The minimum absolute atomic E-state index is 0.542. The maximum atomic E-state index is 10.3. The van der Waals surface area contributed by atoms with Gasteiger partial charge in [-0.1, -0.05) is 11.6 Å². The SMILES string of the molecule is OC1(Cc2sccc2Cl)CCNCC1. The summed E-state index contributed by atoms with van der Waals surface area (Å²) in [5.74, 6) is 0. The normalized spacial score (nSPS) is 21.0. The van der Waals surface area contributed by atoms with Crippen LogP contribution in [0.25, 0.3) is 0 Å². The monoisotopic (exact) mass is 231 g/mol. The quantitative estimate of drug-likeness (QED) is 0.817. The maximum absolute atomic E-state index is 10.3. The summed E-state index contributed by atoms with van der Waals surface area (Å²) >= 11 is 7.63. The van der Waals surface area contributed by atoms with Gasteiger partial charge in [0.25, 0.3) is 0 Å². The molecular weight excluding hydrogens is 218 g/mol. The molecule has 1 aromatic rings. The molecule has 14 heavy (non-hydrogen) atoms. The van der Waals surface area contributed by atoms with E-state index in [0.717, 1.165) is 35.8 Å². The van der Waals surface area contributed by atoms with Crippen molar-refractivity contribution in [1.82, 2.24) is 5.32 Å². The van der Waals surface area contributed by atoms with Crippen LogP contribution in [0.15, 0.2) is 11.4 Å². The van der Waals surface area contributed by atoms with E-state index >= 15 is 0 Å². The Morgan fingerprint density at radius 3 is 2.79 bits per heavy atom. The summed E-state index contributed by atoms with van der Waals surface area (Å²) in [6.45, 7) is 1.80. The maximum Gasteiger partial charge on any atom is 0.0720 e. The van der Waals surface area contributed by atoms with E-state index in [-0.39, 0.29) is 0 Å². The predicted octanol–water partition coefficient (Wildman–Crippen LogP) is 2.06. The molecule has 2 nitrogen and oxygen atoms in total. The molecule has 1 saturated heterocycles. The molecule has 2 rings (SSSR count). The van der Waals surface area contributed by atoms with Crippen LogP contribution in [0.1, 0.15) is 17.7 Å². The molecule has 0 bridgehead atoms. The third-order valence-corrected chi connectivity index (χ3v) is 4.10. The van der Waals surface area contributed by atoms with E-state index in [0.29, 0.717) is 6.42 Å². The highest BCUT2D eigenvalue weighted by atomic mass is 35.5. The fraction of sp³-hybridized carbons (Fsp3) is 0.600. The van der Waals surface area contributed by atoms with Gasteiger partial charge in [-0.25, -0.2) is 0 Å². The standard InChI is InChI=1S/C10H14ClNOS/c11-8-1-6-14-9(8)7-10(13)2-4-12-5-3-10/h1,6,12-13H,2-5,7H2. The number of nitrogens with one attached hydrogen (secondary N) is 1. The molecule has 2 heterocycles. The summed E-state index contributed by atoms with van der Waals surface area (Å²) < 4.78 is 0. The van der Waals surface area contributed by atoms with Crippen molar-refractivity contribution in [3.05, 3.63) is 21.3 Å². The number of thiophene rings is 1. The molecule has 4 heteroatoms. The summed E-state index contributed by atoms with van der Waals surface area (Å²) in [5.41, 5.74) is -0.542. The van der Waals surface area contributed by atoms with Gasteiger partial charge in [0.15, 0.2) is 0 Å². The molecule has 1 fully saturated rings. The van der Waals surface area contributed by atoms with Crippen LogP contribution in [0.4, 0.5) is 0 Å². The molecule has 0 aromatic carbocycles. The molecule has 0 radical (unpaired) electrons. The molecule has 1 aliphatic rings. The summed E-state index contributed by atoms with van der Waals surface area (Å²) in [7, 11) is 0. The van der Waals surface area contributed by atoms with Crippen molar-refractivity contribution in [3.8, 4) is 0 Å². The third kappa shape index (κ3) is 2.28. The Morgan fingerprint density at radius 1 is 1.50 bits per heavy atom. The molecule has 0 aliphatic carbocycles. The van der Waals surface area contributed by atoms with Crippen LogP contribution in [0.2, 0.25) is 5.02 Å². The van der Waals surface area contributed by atoms with Gasteiger partial charge in [-0.3, -0.25) is 0 Å². The third-order valence-electron chi connectivity index (χ3n) is 2.71. The molecule has 0 atom stereocenters. The minimum atomic E-state index is -0.542. The Balaban J connectivity index is 2.05. The van der Waals surface area contributed by atoms with Gasteiger partial charge in [0.1, 0.15) is 0 Å². The molecule has 1 aliphatic heterocycles. The fourth-order valence-corrected chi connectivity index (χ4v) is 3.06. The Bertz CT molecular complexity index is 307. The lowest BCUT2D eigenvalue weighted by molar-refractivity contribution is 0.0116. The van der Waals surface area contributed by atoms with E-state index in [4.69, 9.17) is 11.6 Å². The van der Waals surface area contributed by atoms with E-state index in [1.807, 2.05) is 11.4 Å². The molecule has 1 aromatic heterocycles. The van der Waals surface area contributed by atoms with Crippen molar-refractivity contribution in [2.45, 2.75) is 24.9 Å². The topological polar surface area (TPSA) is 32.3 Å². The number of hydrogen-bond donors (Lipinski definition) is 2. The second-order valence-electron chi connectivity index (χ2n) is 3.84. The van der Waals surface area contributed by atoms with Crippen LogP contribution < -0.4 is 5.32 Å². The van der Waals surface area contributed by atoms with E-state index in [1.54, 1.807) is 11.3 Å². The highest BCUT2D eigenvalue weighted by molar-refractivity contribution is 7.10. The van der Waals surface area contributed by atoms with E-state index in [2.05, 4.69) is 5.32 Å². The number of hydrogen-bond acceptors (Lipinski definition) is 3. The van der Waals surface area contributed by atoms with Crippen molar-refractivity contribution in [3.63, 3.8) is 0 Å². The van der Waals surface area contributed by atoms with Gasteiger partial charge in [-0.2, -0.15) is 0 Å². The minimum Gasteiger partial charge on any atom is -0.389 e. The van der Waals surface area contributed by atoms with Crippen molar-refractivity contribution >= 4 is 22.9 Å². The van der Waals surface area contributed by atoms with Gasteiger partial charge in [-0.15, -0.1) is 11.3 Å². The molecule has 0 spiro atoms. The Hall–Kier alpha value is -0.0900.